The van der Waals surface area contributed by atoms with Crippen LogP contribution in [0.1, 0.15) is 54.2 Å². The Kier molecular flexibility index (Phi) is 4.99. The molecule has 0 aliphatic carbocycles. The highest BCUT2D eigenvalue weighted by molar-refractivity contribution is 5.92. The van der Waals surface area contributed by atoms with Crippen molar-refractivity contribution in [3.8, 4) is 0 Å². The first kappa shape index (κ1) is 16.7. The molecule has 0 spiro atoms. The van der Waals surface area contributed by atoms with Gasteiger partial charge in [0.15, 0.2) is 5.69 Å². The number of nitrogens with one attached hydrogen (secondary N) is 1. The van der Waals surface area contributed by atoms with Crippen LogP contribution in [0.25, 0.3) is 0 Å². The number of nitrogens with zero attached hydrogens (tertiary/aromatic N) is 5. The Balaban J connectivity index is 1.76. The average molecular weight is 330 g/mol. The first-order valence-corrected chi connectivity index (χ1v) is 8.62. The summed E-state index contributed by atoms with van der Waals surface area (Å²) in [6.07, 6.45) is 6.55. The molecule has 1 aliphatic heterocycles. The maximum atomic E-state index is 12.7. The van der Waals surface area contributed by atoms with Crippen molar-refractivity contribution in [1.82, 2.24) is 29.5 Å². The maximum absolute atomic E-state index is 12.7. The van der Waals surface area contributed by atoms with Gasteiger partial charge in [-0.2, -0.15) is 5.10 Å². The second kappa shape index (κ2) is 7.17. The van der Waals surface area contributed by atoms with Gasteiger partial charge in [-0.05, 0) is 26.0 Å². The molecule has 3 rings (SSSR count). The van der Waals surface area contributed by atoms with E-state index in [1.54, 1.807) is 6.20 Å². The third-order valence-corrected chi connectivity index (χ3v) is 4.49. The summed E-state index contributed by atoms with van der Waals surface area (Å²) < 4.78 is 3.92. The van der Waals surface area contributed by atoms with Crippen LogP contribution in [0, 0.1) is 0 Å². The lowest BCUT2D eigenvalue weighted by atomic mass is 10.1. The summed E-state index contributed by atoms with van der Waals surface area (Å²) in [6.45, 7) is 4.86. The van der Waals surface area contributed by atoms with Crippen LogP contribution in [0.2, 0.25) is 0 Å². The third-order valence-electron chi connectivity index (χ3n) is 4.49. The molecule has 1 aliphatic rings. The van der Waals surface area contributed by atoms with Crippen LogP contribution in [0.3, 0.4) is 0 Å². The van der Waals surface area contributed by atoms with Gasteiger partial charge in [-0.15, -0.1) is 0 Å². The van der Waals surface area contributed by atoms with E-state index in [9.17, 15) is 4.79 Å². The molecule has 3 heterocycles. The molecule has 1 N–H and O–H groups in total. The Bertz CT molecular complexity index is 704. The number of hydrogen-bond acceptors (Lipinski definition) is 4. The predicted molar refractivity (Wildman–Crippen MR) is 91.5 cm³/mol. The van der Waals surface area contributed by atoms with Crippen LogP contribution < -0.4 is 5.32 Å². The van der Waals surface area contributed by atoms with Gasteiger partial charge in [0.2, 0.25) is 0 Å². The van der Waals surface area contributed by atoms with Crippen molar-refractivity contribution in [2.45, 2.75) is 45.3 Å². The van der Waals surface area contributed by atoms with Gasteiger partial charge in [0.25, 0.3) is 5.91 Å². The SMILES string of the molecule is CCC[C@H](NC(=O)c1cc2n(n1)CCCN(C)C2)c1nccn1C. The summed E-state index contributed by atoms with van der Waals surface area (Å²) in [7, 11) is 4.05. The molecule has 0 fully saturated rings. The van der Waals surface area contributed by atoms with E-state index in [4.69, 9.17) is 0 Å². The van der Waals surface area contributed by atoms with Crippen molar-refractivity contribution in [2.24, 2.45) is 7.05 Å². The lowest BCUT2D eigenvalue weighted by molar-refractivity contribution is 0.0926. The monoisotopic (exact) mass is 330 g/mol. The van der Waals surface area contributed by atoms with E-state index >= 15 is 0 Å². The topological polar surface area (TPSA) is 68.0 Å². The Morgan fingerprint density at radius 3 is 2.92 bits per heavy atom. The van der Waals surface area contributed by atoms with E-state index < -0.39 is 0 Å². The smallest absolute Gasteiger partial charge is 0.272 e. The summed E-state index contributed by atoms with van der Waals surface area (Å²) in [5.41, 5.74) is 1.60. The van der Waals surface area contributed by atoms with Gasteiger partial charge >= 0.3 is 0 Å². The van der Waals surface area contributed by atoms with Crippen molar-refractivity contribution in [1.29, 1.82) is 0 Å². The highest BCUT2D eigenvalue weighted by Crippen LogP contribution is 2.18. The van der Waals surface area contributed by atoms with Crippen LogP contribution in [0.5, 0.6) is 0 Å². The largest absolute Gasteiger partial charge is 0.341 e. The Morgan fingerprint density at radius 2 is 2.21 bits per heavy atom. The van der Waals surface area contributed by atoms with Crippen molar-refractivity contribution < 1.29 is 4.79 Å². The van der Waals surface area contributed by atoms with E-state index in [2.05, 4.69) is 34.3 Å². The van der Waals surface area contributed by atoms with Crippen molar-refractivity contribution >= 4 is 5.91 Å². The molecule has 7 heteroatoms. The molecule has 0 radical (unpaired) electrons. The zero-order valence-corrected chi connectivity index (χ0v) is 14.7. The molecular formula is C17H26N6O. The van der Waals surface area contributed by atoms with Crippen LogP contribution in [-0.4, -0.2) is 43.7 Å². The second-order valence-corrected chi connectivity index (χ2v) is 6.55. The minimum atomic E-state index is -0.125. The first-order valence-electron chi connectivity index (χ1n) is 8.62. The molecule has 0 bridgehead atoms. The number of hydrogen-bond donors (Lipinski definition) is 1. The Labute approximate surface area is 142 Å². The van der Waals surface area contributed by atoms with Gasteiger partial charge in [0.05, 0.1) is 11.7 Å². The number of aryl methyl sites for hydroxylation is 2. The molecule has 0 unspecified atom stereocenters. The number of aromatic nitrogens is 4. The number of carbonyl (C=O) groups excluding carboxylic acids is 1. The van der Waals surface area contributed by atoms with Crippen molar-refractivity contribution in [3.05, 3.63) is 35.7 Å². The summed E-state index contributed by atoms with van der Waals surface area (Å²) >= 11 is 0. The van der Waals surface area contributed by atoms with E-state index in [1.807, 2.05) is 28.6 Å². The fourth-order valence-corrected chi connectivity index (χ4v) is 3.23. The van der Waals surface area contributed by atoms with E-state index in [1.165, 1.54) is 0 Å². The maximum Gasteiger partial charge on any atom is 0.272 e. The fraction of sp³-hybridized carbons (Fsp3) is 0.588. The standard InChI is InChI=1S/C17H26N6O/c1-4-6-14(16-18-7-10-22(16)3)19-17(24)15-11-13-12-21(2)8-5-9-23(13)20-15/h7,10-11,14H,4-6,8-9,12H2,1-3H3,(H,19,24)/t14-/m0/s1. The van der Waals surface area contributed by atoms with Gasteiger partial charge < -0.3 is 14.8 Å². The number of amides is 1. The predicted octanol–water partition coefficient (Wildman–Crippen LogP) is 1.72. The minimum Gasteiger partial charge on any atom is -0.341 e. The number of imidazole rings is 1. The molecule has 24 heavy (non-hydrogen) atoms. The van der Waals surface area contributed by atoms with E-state index in [0.29, 0.717) is 5.69 Å². The van der Waals surface area contributed by atoms with Crippen LogP contribution in [-0.2, 0) is 20.1 Å². The highest BCUT2D eigenvalue weighted by Gasteiger charge is 2.22. The molecule has 2 aromatic rings. The average Bonchev–Trinajstić information content (AvgIpc) is 3.10. The van der Waals surface area contributed by atoms with Crippen LogP contribution in [0.4, 0.5) is 0 Å². The van der Waals surface area contributed by atoms with E-state index in [-0.39, 0.29) is 11.9 Å². The van der Waals surface area contributed by atoms with Gasteiger partial charge in [0.1, 0.15) is 5.82 Å². The summed E-state index contributed by atoms with van der Waals surface area (Å²) in [5, 5.41) is 7.61. The molecule has 0 saturated carbocycles. The summed E-state index contributed by atoms with van der Waals surface area (Å²) in [6, 6.07) is 1.82. The zero-order chi connectivity index (χ0) is 17.1. The summed E-state index contributed by atoms with van der Waals surface area (Å²) in [5.74, 6) is 0.755. The lowest BCUT2D eigenvalue weighted by Gasteiger charge is -2.17. The van der Waals surface area contributed by atoms with Crippen LogP contribution >= 0.6 is 0 Å². The molecule has 1 atom stereocenters. The number of carbonyl (C=O) groups is 1. The molecule has 0 aromatic carbocycles. The number of fused-ring (bicyclic) bond motifs is 1. The second-order valence-electron chi connectivity index (χ2n) is 6.55. The van der Waals surface area contributed by atoms with Crippen molar-refractivity contribution in [2.75, 3.05) is 13.6 Å². The fourth-order valence-electron chi connectivity index (χ4n) is 3.23. The van der Waals surface area contributed by atoms with Crippen LogP contribution in [0.15, 0.2) is 18.5 Å². The summed E-state index contributed by atoms with van der Waals surface area (Å²) in [4.78, 5) is 19.3. The van der Waals surface area contributed by atoms with Gasteiger partial charge in [0, 0.05) is 39.1 Å². The normalized spacial score (nSPS) is 16.5. The number of rotatable bonds is 5. The van der Waals surface area contributed by atoms with Gasteiger partial charge in [-0.25, -0.2) is 4.98 Å². The van der Waals surface area contributed by atoms with Crippen molar-refractivity contribution in [3.63, 3.8) is 0 Å². The molecule has 0 saturated heterocycles. The molecule has 2 aromatic heterocycles. The molecule has 130 valence electrons. The molecule has 7 nitrogen and oxygen atoms in total. The van der Waals surface area contributed by atoms with Gasteiger partial charge in [-0.1, -0.05) is 13.3 Å². The lowest BCUT2D eigenvalue weighted by Crippen LogP contribution is -2.30. The Morgan fingerprint density at radius 1 is 1.38 bits per heavy atom. The van der Waals surface area contributed by atoms with Gasteiger partial charge in [-0.3, -0.25) is 9.48 Å². The molecule has 1 amide bonds. The highest BCUT2D eigenvalue weighted by atomic mass is 16.2. The minimum absolute atomic E-state index is 0.0910. The first-order chi connectivity index (χ1) is 11.6. The zero-order valence-electron chi connectivity index (χ0n) is 14.7. The molecular weight excluding hydrogens is 304 g/mol. The third kappa shape index (κ3) is 3.51. The quantitative estimate of drug-likeness (QED) is 0.906. The Hall–Kier alpha value is -2.15. The van der Waals surface area contributed by atoms with E-state index in [0.717, 1.165) is 50.4 Å².